The van der Waals surface area contributed by atoms with E-state index in [4.69, 9.17) is 4.74 Å². The molecule has 0 spiro atoms. The van der Waals surface area contributed by atoms with Gasteiger partial charge in [0.1, 0.15) is 5.75 Å². The number of para-hydroxylation sites is 1. The molecule has 0 radical (unpaired) electrons. The van der Waals surface area contributed by atoms with Crippen LogP contribution in [0.3, 0.4) is 0 Å². The van der Waals surface area contributed by atoms with Crippen molar-refractivity contribution in [3.8, 4) is 5.75 Å². The van der Waals surface area contributed by atoms with Crippen LogP contribution >= 0.6 is 0 Å². The molecule has 1 N–H and O–H groups in total. The lowest BCUT2D eigenvalue weighted by atomic mass is 9.92. The van der Waals surface area contributed by atoms with Gasteiger partial charge in [0, 0.05) is 24.5 Å². The minimum atomic E-state index is -0.123. The van der Waals surface area contributed by atoms with E-state index in [0.717, 1.165) is 23.3 Å². The molecule has 1 aliphatic rings. The smallest absolute Gasteiger partial charge is 0.228 e. The zero-order valence-electron chi connectivity index (χ0n) is 11.1. The standard InChI is InChI=1S/C16H16N2O2/c19-16(18-11-12-5-8-17-9-6-12)14-7-10-20-15-4-2-1-3-13(14)15/h1-6,8-9,14H,7,10-11H2,(H,18,19). The lowest BCUT2D eigenvalue weighted by Crippen LogP contribution is -2.32. The molecule has 4 heteroatoms. The van der Waals surface area contributed by atoms with Gasteiger partial charge in [0.15, 0.2) is 0 Å². The molecule has 2 heterocycles. The summed E-state index contributed by atoms with van der Waals surface area (Å²) in [5, 5.41) is 2.99. The van der Waals surface area contributed by atoms with Crippen LogP contribution in [0.15, 0.2) is 48.8 Å². The van der Waals surface area contributed by atoms with Crippen LogP contribution in [0.25, 0.3) is 0 Å². The van der Waals surface area contributed by atoms with Gasteiger partial charge in [-0.2, -0.15) is 0 Å². The van der Waals surface area contributed by atoms with E-state index in [1.807, 2.05) is 36.4 Å². The summed E-state index contributed by atoms with van der Waals surface area (Å²) in [5.74, 6) is 0.752. The van der Waals surface area contributed by atoms with Crippen molar-refractivity contribution in [1.82, 2.24) is 10.3 Å². The van der Waals surface area contributed by atoms with Crippen LogP contribution in [0, 0.1) is 0 Å². The van der Waals surface area contributed by atoms with E-state index >= 15 is 0 Å². The van der Waals surface area contributed by atoms with Gasteiger partial charge in [0.05, 0.1) is 12.5 Å². The van der Waals surface area contributed by atoms with Gasteiger partial charge in [-0.1, -0.05) is 18.2 Å². The highest BCUT2D eigenvalue weighted by molar-refractivity contribution is 5.84. The Balaban J connectivity index is 1.69. The van der Waals surface area contributed by atoms with Crippen molar-refractivity contribution >= 4 is 5.91 Å². The zero-order chi connectivity index (χ0) is 13.8. The monoisotopic (exact) mass is 268 g/mol. The zero-order valence-corrected chi connectivity index (χ0v) is 11.1. The third-order valence-corrected chi connectivity index (χ3v) is 3.49. The van der Waals surface area contributed by atoms with Gasteiger partial charge in [0.2, 0.25) is 5.91 Å². The van der Waals surface area contributed by atoms with Crippen molar-refractivity contribution in [3.05, 3.63) is 59.9 Å². The summed E-state index contributed by atoms with van der Waals surface area (Å²) in [6.07, 6.45) is 4.18. The highest BCUT2D eigenvalue weighted by Gasteiger charge is 2.26. The number of aromatic nitrogens is 1. The first-order valence-electron chi connectivity index (χ1n) is 6.73. The van der Waals surface area contributed by atoms with Gasteiger partial charge in [0.25, 0.3) is 0 Å². The number of carbonyl (C=O) groups is 1. The van der Waals surface area contributed by atoms with E-state index in [9.17, 15) is 4.79 Å². The van der Waals surface area contributed by atoms with Gasteiger partial charge in [-0.05, 0) is 30.2 Å². The third-order valence-electron chi connectivity index (χ3n) is 3.49. The molecule has 1 aliphatic heterocycles. The van der Waals surface area contributed by atoms with Crippen molar-refractivity contribution in [3.63, 3.8) is 0 Å². The number of hydrogen-bond donors (Lipinski definition) is 1. The third kappa shape index (κ3) is 2.64. The average Bonchev–Trinajstić information content (AvgIpc) is 2.53. The number of nitrogens with one attached hydrogen (secondary N) is 1. The largest absolute Gasteiger partial charge is 0.493 e. The number of amides is 1. The molecule has 0 bridgehead atoms. The summed E-state index contributed by atoms with van der Waals surface area (Å²) in [6, 6.07) is 11.5. The molecule has 2 aromatic rings. The van der Waals surface area contributed by atoms with Crippen LogP contribution in [-0.2, 0) is 11.3 Å². The molecule has 3 rings (SSSR count). The van der Waals surface area contributed by atoms with E-state index in [2.05, 4.69) is 10.3 Å². The summed E-state index contributed by atoms with van der Waals surface area (Å²) < 4.78 is 5.58. The molecule has 1 unspecified atom stereocenters. The van der Waals surface area contributed by atoms with Crippen LogP contribution in [0.2, 0.25) is 0 Å². The fraction of sp³-hybridized carbons (Fsp3) is 0.250. The van der Waals surface area contributed by atoms with Crippen LogP contribution in [0.1, 0.15) is 23.5 Å². The van der Waals surface area contributed by atoms with Crippen molar-refractivity contribution in [2.45, 2.75) is 18.9 Å². The molecule has 0 aliphatic carbocycles. The highest BCUT2D eigenvalue weighted by atomic mass is 16.5. The number of fused-ring (bicyclic) bond motifs is 1. The van der Waals surface area contributed by atoms with Crippen LogP contribution in [0.5, 0.6) is 5.75 Å². The molecule has 1 amide bonds. The first-order chi connectivity index (χ1) is 9.84. The molecule has 4 nitrogen and oxygen atoms in total. The summed E-state index contributed by atoms with van der Waals surface area (Å²) in [7, 11) is 0. The molecular formula is C16H16N2O2. The first-order valence-corrected chi connectivity index (χ1v) is 6.73. The number of ether oxygens (including phenoxy) is 1. The highest BCUT2D eigenvalue weighted by Crippen LogP contribution is 2.33. The van der Waals surface area contributed by atoms with Crippen molar-refractivity contribution in [1.29, 1.82) is 0 Å². The predicted molar refractivity (Wildman–Crippen MR) is 75.4 cm³/mol. The van der Waals surface area contributed by atoms with Crippen LogP contribution in [-0.4, -0.2) is 17.5 Å². The van der Waals surface area contributed by atoms with Crippen LogP contribution in [0.4, 0.5) is 0 Å². The minimum absolute atomic E-state index is 0.0533. The average molecular weight is 268 g/mol. The summed E-state index contributed by atoms with van der Waals surface area (Å²) >= 11 is 0. The Labute approximate surface area is 117 Å². The molecule has 102 valence electrons. The second kappa shape index (κ2) is 5.74. The molecule has 20 heavy (non-hydrogen) atoms. The lowest BCUT2D eigenvalue weighted by Gasteiger charge is -2.25. The van der Waals surface area contributed by atoms with E-state index in [1.54, 1.807) is 12.4 Å². The second-order valence-corrected chi connectivity index (χ2v) is 4.80. The first kappa shape index (κ1) is 12.7. The van der Waals surface area contributed by atoms with Gasteiger partial charge in [-0.15, -0.1) is 0 Å². The number of rotatable bonds is 3. The summed E-state index contributed by atoms with van der Waals surface area (Å²) in [6.45, 7) is 1.12. The number of nitrogens with zero attached hydrogens (tertiary/aromatic N) is 1. The fourth-order valence-corrected chi connectivity index (χ4v) is 2.43. The molecule has 1 atom stereocenters. The van der Waals surface area contributed by atoms with Gasteiger partial charge < -0.3 is 10.1 Å². The summed E-state index contributed by atoms with van der Waals surface area (Å²) in [5.41, 5.74) is 2.03. The van der Waals surface area contributed by atoms with Crippen molar-refractivity contribution in [2.75, 3.05) is 6.61 Å². The van der Waals surface area contributed by atoms with Crippen LogP contribution < -0.4 is 10.1 Å². The summed E-state index contributed by atoms with van der Waals surface area (Å²) in [4.78, 5) is 16.3. The quantitative estimate of drug-likeness (QED) is 0.929. The Kier molecular flexibility index (Phi) is 3.63. The maximum atomic E-state index is 12.4. The van der Waals surface area contributed by atoms with Crippen molar-refractivity contribution < 1.29 is 9.53 Å². The Bertz CT molecular complexity index is 598. The van der Waals surface area contributed by atoms with Gasteiger partial charge >= 0.3 is 0 Å². The van der Waals surface area contributed by atoms with E-state index in [-0.39, 0.29) is 11.8 Å². The second-order valence-electron chi connectivity index (χ2n) is 4.80. The number of benzene rings is 1. The van der Waals surface area contributed by atoms with Gasteiger partial charge in [-0.3, -0.25) is 9.78 Å². The Hall–Kier alpha value is -2.36. The normalized spacial score (nSPS) is 16.9. The predicted octanol–water partition coefficient (Wildman–Crippen LogP) is 2.26. The minimum Gasteiger partial charge on any atom is -0.493 e. The number of pyridine rings is 1. The Morgan fingerprint density at radius 2 is 2.05 bits per heavy atom. The topological polar surface area (TPSA) is 51.2 Å². The fourth-order valence-electron chi connectivity index (χ4n) is 2.43. The molecule has 0 saturated carbocycles. The number of hydrogen-bond acceptors (Lipinski definition) is 3. The molecule has 1 aromatic carbocycles. The SMILES string of the molecule is O=C(NCc1ccncc1)C1CCOc2ccccc21. The van der Waals surface area contributed by atoms with E-state index in [0.29, 0.717) is 13.2 Å². The molecule has 0 fully saturated rings. The molecule has 0 saturated heterocycles. The van der Waals surface area contributed by atoms with Crippen molar-refractivity contribution in [2.24, 2.45) is 0 Å². The Morgan fingerprint density at radius 3 is 2.90 bits per heavy atom. The lowest BCUT2D eigenvalue weighted by molar-refractivity contribution is -0.123. The molecule has 1 aromatic heterocycles. The molecular weight excluding hydrogens is 252 g/mol. The Morgan fingerprint density at radius 1 is 1.25 bits per heavy atom. The van der Waals surface area contributed by atoms with Gasteiger partial charge in [-0.25, -0.2) is 0 Å². The maximum absolute atomic E-state index is 12.4. The number of carbonyl (C=O) groups excluding carboxylic acids is 1. The van der Waals surface area contributed by atoms with E-state index in [1.165, 1.54) is 0 Å². The maximum Gasteiger partial charge on any atom is 0.228 e. The van der Waals surface area contributed by atoms with E-state index < -0.39 is 0 Å².